The molecule has 0 unspecified atom stereocenters. The fraction of sp³-hybridized carbons (Fsp3) is 0.636. The van der Waals surface area contributed by atoms with E-state index in [1.807, 2.05) is 0 Å². The van der Waals surface area contributed by atoms with Gasteiger partial charge in [0.2, 0.25) is 5.91 Å². The van der Waals surface area contributed by atoms with Crippen molar-refractivity contribution in [2.24, 2.45) is 11.8 Å². The minimum Gasteiger partial charge on any atom is -0.406 e. The highest BCUT2D eigenvalue weighted by Crippen LogP contribution is 2.27. The maximum absolute atomic E-state index is 12.5. The number of hydrogen-bond acceptors (Lipinski definition) is 7. The predicted molar refractivity (Wildman–Crippen MR) is 125 cm³/mol. The highest BCUT2D eigenvalue weighted by atomic mass is 32.2. The quantitative estimate of drug-likeness (QED) is 0.344. The first-order chi connectivity index (χ1) is 16.1. The molecule has 9 nitrogen and oxygen atoms in total. The maximum Gasteiger partial charge on any atom is 0.573 e. The second-order valence-corrected chi connectivity index (χ2v) is 11.5. The van der Waals surface area contributed by atoms with Crippen molar-refractivity contribution in [2.45, 2.75) is 51.6 Å². The van der Waals surface area contributed by atoms with Crippen molar-refractivity contribution < 1.29 is 35.9 Å². The van der Waals surface area contributed by atoms with Crippen LogP contribution in [0.25, 0.3) is 0 Å². The van der Waals surface area contributed by atoms with Crippen LogP contribution in [0.2, 0.25) is 0 Å². The normalized spacial score (nSPS) is 20.9. The molecule has 3 atom stereocenters. The molecule has 0 saturated heterocycles. The molecular weight excluding hydrogens is 489 g/mol. The zero-order valence-electron chi connectivity index (χ0n) is 19.9. The molecule has 1 fully saturated rings. The molecular formula is C22H33F3N4O5S. The average Bonchev–Trinajstić information content (AvgIpc) is 2.71. The van der Waals surface area contributed by atoms with Crippen LogP contribution in [0.15, 0.2) is 18.2 Å². The van der Waals surface area contributed by atoms with Gasteiger partial charge in [0.15, 0.2) is 0 Å². The van der Waals surface area contributed by atoms with Crippen molar-refractivity contribution in [3.05, 3.63) is 23.8 Å². The van der Waals surface area contributed by atoms with Crippen LogP contribution < -0.4 is 26.4 Å². The number of carbonyl (C=O) groups is 2. The number of rotatable bonds is 10. The van der Waals surface area contributed by atoms with E-state index < -0.39 is 40.3 Å². The zero-order chi connectivity index (χ0) is 26.4. The van der Waals surface area contributed by atoms with E-state index in [2.05, 4.69) is 34.5 Å². The Morgan fingerprint density at radius 3 is 2.51 bits per heavy atom. The van der Waals surface area contributed by atoms with Crippen molar-refractivity contribution in [2.75, 3.05) is 30.8 Å². The monoisotopic (exact) mass is 522 g/mol. The first-order valence-corrected chi connectivity index (χ1v) is 13.3. The zero-order valence-corrected chi connectivity index (χ0v) is 20.8. The van der Waals surface area contributed by atoms with Crippen LogP contribution in [-0.4, -0.2) is 63.8 Å². The van der Waals surface area contributed by atoms with Gasteiger partial charge in [0, 0.05) is 24.0 Å². The third-order valence-electron chi connectivity index (χ3n) is 5.57. The SMILES string of the molecule is CC(C)CN[C@@H]1CC[C@H](NC(=O)CNC(=O)c2cc(OC(F)(F)F)ccc2N)[C@H](CS(C)(=O)=O)C1. The van der Waals surface area contributed by atoms with E-state index in [9.17, 15) is 31.2 Å². The largest absolute Gasteiger partial charge is 0.573 e. The Balaban J connectivity index is 1.97. The van der Waals surface area contributed by atoms with Gasteiger partial charge in [-0.2, -0.15) is 0 Å². The summed E-state index contributed by atoms with van der Waals surface area (Å²) in [6.45, 7) is 4.50. The first-order valence-electron chi connectivity index (χ1n) is 11.3. The minimum absolute atomic E-state index is 0.0767. The third-order valence-corrected chi connectivity index (χ3v) is 6.61. The molecule has 198 valence electrons. The van der Waals surface area contributed by atoms with Crippen LogP contribution in [-0.2, 0) is 14.6 Å². The lowest BCUT2D eigenvalue weighted by Gasteiger charge is -2.37. The molecule has 0 aliphatic heterocycles. The number of benzene rings is 1. The number of anilines is 1. The topological polar surface area (TPSA) is 140 Å². The second-order valence-electron chi connectivity index (χ2n) is 9.32. The molecule has 0 spiro atoms. The molecule has 0 bridgehead atoms. The van der Waals surface area contributed by atoms with Crippen molar-refractivity contribution in [3.63, 3.8) is 0 Å². The van der Waals surface area contributed by atoms with Crippen LogP contribution in [0.4, 0.5) is 18.9 Å². The van der Waals surface area contributed by atoms with Crippen molar-refractivity contribution >= 4 is 27.3 Å². The summed E-state index contributed by atoms with van der Waals surface area (Å²) < 4.78 is 65.0. The van der Waals surface area contributed by atoms with Gasteiger partial charge in [0.05, 0.1) is 17.9 Å². The summed E-state index contributed by atoms with van der Waals surface area (Å²) >= 11 is 0. The molecule has 2 rings (SSSR count). The molecule has 0 radical (unpaired) electrons. The van der Waals surface area contributed by atoms with Crippen LogP contribution in [0.5, 0.6) is 5.75 Å². The molecule has 35 heavy (non-hydrogen) atoms. The van der Waals surface area contributed by atoms with Gasteiger partial charge in [-0.1, -0.05) is 13.8 Å². The summed E-state index contributed by atoms with van der Waals surface area (Å²) in [6.07, 6.45) is -1.88. The lowest BCUT2D eigenvalue weighted by molar-refractivity contribution is -0.274. The number of sulfone groups is 1. The average molecular weight is 523 g/mol. The van der Waals surface area contributed by atoms with Gasteiger partial charge >= 0.3 is 6.36 Å². The minimum atomic E-state index is -4.93. The van der Waals surface area contributed by atoms with Crippen molar-refractivity contribution in [1.29, 1.82) is 0 Å². The smallest absolute Gasteiger partial charge is 0.406 e. The molecule has 0 aromatic heterocycles. The van der Waals surface area contributed by atoms with Gasteiger partial charge in [-0.25, -0.2) is 8.42 Å². The van der Waals surface area contributed by atoms with Gasteiger partial charge in [0.1, 0.15) is 15.6 Å². The number of nitrogens with one attached hydrogen (secondary N) is 3. The Morgan fingerprint density at radius 1 is 1.23 bits per heavy atom. The number of hydrogen-bond donors (Lipinski definition) is 4. The summed E-state index contributed by atoms with van der Waals surface area (Å²) in [4.78, 5) is 24.9. The fourth-order valence-electron chi connectivity index (χ4n) is 4.06. The summed E-state index contributed by atoms with van der Waals surface area (Å²) in [6, 6.07) is 2.66. The summed E-state index contributed by atoms with van der Waals surface area (Å²) in [5.74, 6) is -1.94. The molecule has 1 saturated carbocycles. The second kappa shape index (κ2) is 11.9. The van der Waals surface area contributed by atoms with Crippen LogP contribution in [0.3, 0.4) is 0 Å². The lowest BCUT2D eigenvalue weighted by atomic mass is 9.82. The molecule has 2 amide bonds. The van der Waals surface area contributed by atoms with E-state index in [1.165, 1.54) is 0 Å². The maximum atomic E-state index is 12.5. The van der Waals surface area contributed by atoms with Gasteiger partial charge < -0.3 is 26.4 Å². The summed E-state index contributed by atoms with van der Waals surface area (Å²) in [5, 5.41) is 8.55. The van der Waals surface area contributed by atoms with Gasteiger partial charge in [-0.15, -0.1) is 13.2 Å². The van der Waals surface area contributed by atoms with E-state index >= 15 is 0 Å². The highest BCUT2D eigenvalue weighted by Gasteiger charge is 2.34. The Kier molecular flexibility index (Phi) is 9.78. The molecule has 1 aromatic rings. The van der Waals surface area contributed by atoms with Crippen LogP contribution in [0, 0.1) is 11.8 Å². The van der Waals surface area contributed by atoms with E-state index in [4.69, 9.17) is 5.73 Å². The first kappa shape index (κ1) is 28.7. The Labute approximate surface area is 203 Å². The summed E-state index contributed by atoms with van der Waals surface area (Å²) in [5.41, 5.74) is 5.32. The predicted octanol–water partition coefficient (Wildman–Crippen LogP) is 1.84. The third kappa shape index (κ3) is 10.3. The summed E-state index contributed by atoms with van der Waals surface area (Å²) in [7, 11) is -3.29. The lowest BCUT2D eigenvalue weighted by Crippen LogP contribution is -2.51. The van der Waals surface area contributed by atoms with E-state index in [1.54, 1.807) is 0 Å². The Bertz CT molecular complexity index is 1000. The van der Waals surface area contributed by atoms with E-state index in [0.29, 0.717) is 18.8 Å². The number of amides is 2. The molecule has 0 heterocycles. The molecule has 1 aromatic carbocycles. The van der Waals surface area contributed by atoms with Crippen LogP contribution >= 0.6 is 0 Å². The number of halogens is 3. The number of carbonyl (C=O) groups excluding carboxylic acids is 2. The molecule has 13 heteroatoms. The Hall–Kier alpha value is -2.54. The van der Waals surface area contributed by atoms with Crippen molar-refractivity contribution in [3.8, 4) is 5.75 Å². The van der Waals surface area contributed by atoms with Gasteiger partial charge in [-0.05, 0) is 55.8 Å². The Morgan fingerprint density at radius 2 is 1.91 bits per heavy atom. The number of nitrogens with two attached hydrogens (primary N) is 1. The highest BCUT2D eigenvalue weighted by molar-refractivity contribution is 7.90. The van der Waals surface area contributed by atoms with Crippen LogP contribution in [0.1, 0.15) is 43.5 Å². The van der Waals surface area contributed by atoms with Gasteiger partial charge in [0.25, 0.3) is 5.91 Å². The molecule has 5 N–H and O–H groups in total. The van der Waals surface area contributed by atoms with Crippen molar-refractivity contribution in [1.82, 2.24) is 16.0 Å². The number of alkyl halides is 3. The standard InChI is InChI=1S/C22H33F3N4O5S/c1-13(2)10-27-15-4-7-19(14(8-15)12-35(3,32)33)29-20(30)11-28-21(31)17-9-16(5-6-18(17)26)34-22(23,24)25/h5-6,9,13-15,19,27H,4,7-8,10-12,26H2,1-3H3,(H,28,31)(H,29,30)/t14-,15+,19-/m0/s1. The number of nitrogen functional groups attached to an aromatic ring is 1. The van der Waals surface area contributed by atoms with E-state index in [0.717, 1.165) is 37.4 Å². The fourth-order valence-corrected chi connectivity index (χ4v) is 5.20. The van der Waals surface area contributed by atoms with E-state index in [-0.39, 0.29) is 35.0 Å². The molecule has 1 aliphatic carbocycles. The van der Waals surface area contributed by atoms with Gasteiger partial charge in [-0.3, -0.25) is 9.59 Å². The molecule has 1 aliphatic rings. The number of ether oxygens (including phenoxy) is 1.